The fourth-order valence-corrected chi connectivity index (χ4v) is 11.9. The summed E-state index contributed by atoms with van der Waals surface area (Å²) in [6, 6.07) is 60.7. The predicted octanol–water partition coefficient (Wildman–Crippen LogP) is 14.1. The zero-order valence-electron chi connectivity index (χ0n) is 30.3. The molecule has 4 bridgehead atoms. The van der Waals surface area contributed by atoms with Crippen molar-refractivity contribution in [1.29, 1.82) is 0 Å². The second-order valence-electron chi connectivity index (χ2n) is 16.6. The number of para-hydroxylation sites is 1. The van der Waals surface area contributed by atoms with Crippen molar-refractivity contribution in [2.24, 2.45) is 23.7 Å². The number of hydrogen-bond acceptors (Lipinski definition) is 2. The highest BCUT2D eigenvalue weighted by molar-refractivity contribution is 6.06. The van der Waals surface area contributed by atoms with Crippen molar-refractivity contribution in [3.05, 3.63) is 175 Å². The van der Waals surface area contributed by atoms with Gasteiger partial charge in [0.15, 0.2) is 0 Å². The third-order valence-electron chi connectivity index (χ3n) is 13.9. The lowest BCUT2D eigenvalue weighted by Gasteiger charge is -2.61. The van der Waals surface area contributed by atoms with Crippen molar-refractivity contribution in [3.63, 3.8) is 0 Å². The molecular weight excluding hydrogens is 655 g/mol. The van der Waals surface area contributed by atoms with Crippen LogP contribution in [-0.4, -0.2) is 0 Å². The lowest BCUT2D eigenvalue weighted by atomic mass is 9.43. The molecule has 0 saturated heterocycles. The van der Waals surface area contributed by atoms with E-state index in [1.54, 1.807) is 11.1 Å². The highest BCUT2D eigenvalue weighted by atomic mass is 16.3. The van der Waals surface area contributed by atoms with E-state index in [1.165, 1.54) is 71.2 Å². The van der Waals surface area contributed by atoms with Crippen LogP contribution in [0.2, 0.25) is 0 Å². The number of hydrogen-bond donors (Lipinski definition) is 0. The van der Waals surface area contributed by atoms with Crippen LogP contribution in [0.5, 0.6) is 0 Å². The van der Waals surface area contributed by atoms with E-state index in [-0.39, 0.29) is 5.41 Å². The van der Waals surface area contributed by atoms with Gasteiger partial charge in [0.05, 0.1) is 0 Å². The fraction of sp³-hybridized carbons (Fsp3) is 0.192. The van der Waals surface area contributed by atoms with E-state index < -0.39 is 0 Å². The molecule has 0 unspecified atom stereocenters. The zero-order valence-corrected chi connectivity index (χ0v) is 30.3. The van der Waals surface area contributed by atoms with Gasteiger partial charge in [0, 0.05) is 33.2 Å². The summed E-state index contributed by atoms with van der Waals surface area (Å²) >= 11 is 0. The summed E-state index contributed by atoms with van der Waals surface area (Å²) in [4.78, 5) is 2.48. The first kappa shape index (κ1) is 30.6. The van der Waals surface area contributed by atoms with Crippen molar-refractivity contribution >= 4 is 39.0 Å². The summed E-state index contributed by atoms with van der Waals surface area (Å²) in [6.45, 7) is 0. The number of benzene rings is 7. The Morgan fingerprint density at radius 3 is 1.69 bits per heavy atom. The fourth-order valence-electron chi connectivity index (χ4n) is 11.9. The van der Waals surface area contributed by atoms with Gasteiger partial charge < -0.3 is 9.32 Å². The van der Waals surface area contributed by atoms with Gasteiger partial charge in [-0.05, 0) is 149 Å². The minimum absolute atomic E-state index is 0.113. The molecule has 8 aromatic rings. The highest BCUT2D eigenvalue weighted by Crippen LogP contribution is 2.69. The van der Waals surface area contributed by atoms with Crippen LogP contribution in [0.1, 0.15) is 43.2 Å². The Hall–Kier alpha value is -5.86. The van der Waals surface area contributed by atoms with Crippen LogP contribution >= 0.6 is 0 Å². The maximum Gasteiger partial charge on any atom is 0.135 e. The molecule has 0 aliphatic heterocycles. The summed E-state index contributed by atoms with van der Waals surface area (Å²) < 4.78 is 6.31. The van der Waals surface area contributed by atoms with Crippen molar-refractivity contribution in [2.75, 3.05) is 4.90 Å². The van der Waals surface area contributed by atoms with E-state index in [0.717, 1.165) is 57.0 Å². The van der Waals surface area contributed by atoms with Gasteiger partial charge in [-0.2, -0.15) is 0 Å². The third-order valence-corrected chi connectivity index (χ3v) is 13.9. The quantitative estimate of drug-likeness (QED) is 0.178. The summed E-state index contributed by atoms with van der Waals surface area (Å²) in [5.74, 6) is 3.28. The second kappa shape index (κ2) is 11.6. The summed E-state index contributed by atoms with van der Waals surface area (Å²) in [5.41, 5.74) is 16.5. The Morgan fingerprint density at radius 2 is 0.944 bits per heavy atom. The minimum atomic E-state index is 0.113. The molecule has 260 valence electrons. The molecule has 2 nitrogen and oxygen atoms in total. The molecule has 54 heavy (non-hydrogen) atoms. The molecule has 2 heteroatoms. The molecule has 5 aliphatic rings. The first-order chi connectivity index (χ1) is 26.7. The van der Waals surface area contributed by atoms with Gasteiger partial charge >= 0.3 is 0 Å². The van der Waals surface area contributed by atoms with Crippen molar-refractivity contribution in [3.8, 4) is 33.4 Å². The van der Waals surface area contributed by atoms with Crippen LogP contribution in [0, 0.1) is 23.7 Å². The highest BCUT2D eigenvalue weighted by Gasteiger charge is 2.61. The molecule has 0 atom stereocenters. The van der Waals surface area contributed by atoms with Gasteiger partial charge in [-0.3, -0.25) is 0 Å². The Balaban J connectivity index is 1.01. The average Bonchev–Trinajstić information content (AvgIpc) is 3.74. The molecule has 1 spiro atoms. The molecule has 1 heterocycles. The predicted molar refractivity (Wildman–Crippen MR) is 223 cm³/mol. The van der Waals surface area contributed by atoms with Crippen LogP contribution < -0.4 is 4.90 Å². The SMILES string of the molecule is c1ccc(-c2ccc(-c3ccc(N(c4ccc5c(c4)C4(c6ccccc6-5)C5CC6CC(C5)CC4C6)c4ccc5oc6ccccc6c5c4)cc3)cc2)cc1. The third kappa shape index (κ3) is 4.40. The van der Waals surface area contributed by atoms with E-state index in [0.29, 0.717) is 0 Å². The van der Waals surface area contributed by atoms with E-state index in [4.69, 9.17) is 4.42 Å². The van der Waals surface area contributed by atoms with E-state index in [2.05, 4.69) is 169 Å². The average molecular weight is 696 g/mol. The molecule has 7 aromatic carbocycles. The molecule has 0 radical (unpaired) electrons. The van der Waals surface area contributed by atoms with Crippen LogP contribution in [0.25, 0.3) is 55.3 Å². The lowest BCUT2D eigenvalue weighted by molar-refractivity contribution is -0.0399. The van der Waals surface area contributed by atoms with Crippen molar-refractivity contribution in [1.82, 2.24) is 0 Å². The summed E-state index contributed by atoms with van der Waals surface area (Å²) in [7, 11) is 0. The molecule has 5 aliphatic carbocycles. The van der Waals surface area contributed by atoms with Gasteiger partial charge in [-0.1, -0.05) is 115 Å². The molecule has 0 N–H and O–H groups in total. The summed E-state index contributed by atoms with van der Waals surface area (Å²) in [6.07, 6.45) is 6.99. The monoisotopic (exact) mass is 695 g/mol. The van der Waals surface area contributed by atoms with Crippen LogP contribution in [0.4, 0.5) is 17.1 Å². The van der Waals surface area contributed by atoms with Gasteiger partial charge in [-0.15, -0.1) is 0 Å². The van der Waals surface area contributed by atoms with E-state index >= 15 is 0 Å². The van der Waals surface area contributed by atoms with E-state index in [1.807, 2.05) is 0 Å². The first-order valence-corrected chi connectivity index (χ1v) is 19.9. The topological polar surface area (TPSA) is 16.4 Å². The smallest absolute Gasteiger partial charge is 0.135 e. The zero-order chi connectivity index (χ0) is 35.4. The van der Waals surface area contributed by atoms with Crippen molar-refractivity contribution in [2.45, 2.75) is 37.5 Å². The van der Waals surface area contributed by atoms with E-state index in [9.17, 15) is 0 Å². The molecule has 4 saturated carbocycles. The summed E-state index contributed by atoms with van der Waals surface area (Å²) in [5, 5.41) is 2.30. The van der Waals surface area contributed by atoms with Crippen molar-refractivity contribution < 1.29 is 4.42 Å². The van der Waals surface area contributed by atoms with Crippen LogP contribution in [-0.2, 0) is 5.41 Å². The number of fused-ring (bicyclic) bond motifs is 6. The number of furan rings is 1. The Bertz CT molecular complexity index is 2690. The molecule has 1 aromatic heterocycles. The maximum absolute atomic E-state index is 6.31. The van der Waals surface area contributed by atoms with Gasteiger partial charge in [0.1, 0.15) is 11.2 Å². The standard InChI is InChI=1S/C52H41NO/c1-2-8-35(9-3-1)36-14-16-37(17-15-36)38-18-20-41(21-19-38)53(42-23-25-51-47(31-42)46-11-5-7-13-50(46)54-51)43-22-24-45-44-10-4-6-12-48(44)52(49(45)32-43)39-27-33-26-34(29-39)30-40(52)28-33/h1-25,31-34,39-40H,26-30H2. The molecule has 13 rings (SSSR count). The Labute approximate surface area is 316 Å². The number of nitrogens with zero attached hydrogens (tertiary/aromatic N) is 1. The normalized spacial score (nSPS) is 23.3. The number of anilines is 3. The Morgan fingerprint density at radius 1 is 0.407 bits per heavy atom. The van der Waals surface area contributed by atoms with Gasteiger partial charge in [-0.25, -0.2) is 0 Å². The minimum Gasteiger partial charge on any atom is -0.456 e. The van der Waals surface area contributed by atoms with Crippen LogP contribution in [0.15, 0.2) is 168 Å². The van der Waals surface area contributed by atoms with Gasteiger partial charge in [0.2, 0.25) is 0 Å². The second-order valence-corrected chi connectivity index (χ2v) is 16.6. The largest absolute Gasteiger partial charge is 0.456 e. The molecule has 4 fully saturated rings. The van der Waals surface area contributed by atoms with Gasteiger partial charge in [0.25, 0.3) is 0 Å². The first-order valence-electron chi connectivity index (χ1n) is 19.9. The lowest BCUT2D eigenvalue weighted by Crippen LogP contribution is -2.55. The number of rotatable bonds is 5. The molecular formula is C52H41NO. The molecule has 0 amide bonds. The maximum atomic E-state index is 6.31. The van der Waals surface area contributed by atoms with Crippen LogP contribution in [0.3, 0.4) is 0 Å². The Kier molecular flexibility index (Phi) is 6.55.